The van der Waals surface area contributed by atoms with Gasteiger partial charge in [0.05, 0.1) is 22.1 Å². The van der Waals surface area contributed by atoms with Gasteiger partial charge in [-0.3, -0.25) is 0 Å². The van der Waals surface area contributed by atoms with E-state index >= 15 is 0 Å². The lowest BCUT2D eigenvalue weighted by Gasteiger charge is -2.38. The third-order valence-electron chi connectivity index (χ3n) is 15.6. The number of fused-ring (bicyclic) bond motifs is 6. The van der Waals surface area contributed by atoms with Crippen LogP contribution in [0.1, 0.15) is 55.1 Å². The van der Waals surface area contributed by atoms with E-state index in [1.165, 1.54) is 126 Å². The Balaban J connectivity index is 0.872. The van der Waals surface area contributed by atoms with Crippen molar-refractivity contribution in [3.63, 3.8) is 0 Å². The molecule has 11 aromatic rings. The summed E-state index contributed by atoms with van der Waals surface area (Å²) in [4.78, 5) is 0. The standard InChI is InChI=1S/C63H48N2/c1-3-12-42(13-4-1)47-33-48(43-14-5-2-6-15-43)35-49(34-47)44-16-11-17-52(36-44)64-60-20-9-7-18-55(60)58-37-45(22-26-62(58)64)46-23-27-63-59(38-46)56-19-8-10-21-61(56)65(63)53-24-25-54-50-29-40-28-41(30-50)32-51(31-40)57(54)39-53/h1-27,33-41,50-51H,28-32H2. The molecule has 2 aromatic heterocycles. The van der Waals surface area contributed by atoms with Crippen molar-refractivity contribution in [1.82, 2.24) is 9.13 Å². The lowest BCUT2D eigenvalue weighted by molar-refractivity contribution is 0.166. The Morgan fingerprint density at radius 2 is 0.708 bits per heavy atom. The van der Waals surface area contributed by atoms with Crippen molar-refractivity contribution in [2.45, 2.75) is 43.9 Å². The number of nitrogens with zero attached hydrogens (tertiary/aromatic N) is 2. The molecule has 65 heavy (non-hydrogen) atoms. The van der Waals surface area contributed by atoms with Crippen LogP contribution in [0.5, 0.6) is 0 Å². The highest BCUT2D eigenvalue weighted by atomic mass is 15.0. The van der Waals surface area contributed by atoms with Crippen LogP contribution in [0.2, 0.25) is 0 Å². The summed E-state index contributed by atoms with van der Waals surface area (Å²) in [6, 6.07) is 77.2. The minimum Gasteiger partial charge on any atom is -0.309 e. The van der Waals surface area contributed by atoms with Crippen molar-refractivity contribution in [2.75, 3.05) is 0 Å². The smallest absolute Gasteiger partial charge is 0.0541 e. The number of aromatic nitrogens is 2. The van der Waals surface area contributed by atoms with Gasteiger partial charge in [-0.1, -0.05) is 127 Å². The van der Waals surface area contributed by atoms with Crippen LogP contribution in [-0.2, 0) is 0 Å². The number of hydrogen-bond acceptors (Lipinski definition) is 0. The van der Waals surface area contributed by atoms with E-state index in [1.54, 1.807) is 11.1 Å². The predicted molar refractivity (Wildman–Crippen MR) is 272 cm³/mol. The van der Waals surface area contributed by atoms with Gasteiger partial charge in [-0.05, 0) is 190 Å². The minimum atomic E-state index is 0.718. The molecule has 2 atom stereocenters. The van der Waals surface area contributed by atoms with Crippen LogP contribution in [-0.4, -0.2) is 9.13 Å². The molecular weight excluding hydrogens is 785 g/mol. The highest BCUT2D eigenvalue weighted by Crippen LogP contribution is 2.56. The molecule has 0 radical (unpaired) electrons. The van der Waals surface area contributed by atoms with E-state index in [-0.39, 0.29) is 0 Å². The maximum atomic E-state index is 2.59. The van der Waals surface area contributed by atoms with Gasteiger partial charge in [-0.25, -0.2) is 0 Å². The summed E-state index contributed by atoms with van der Waals surface area (Å²) in [5, 5.41) is 5.13. The molecule has 0 N–H and O–H groups in total. The molecule has 310 valence electrons. The van der Waals surface area contributed by atoms with Gasteiger partial charge in [0.25, 0.3) is 0 Å². The molecule has 0 spiro atoms. The fourth-order valence-electron chi connectivity index (χ4n) is 12.9. The minimum absolute atomic E-state index is 0.718. The van der Waals surface area contributed by atoms with E-state index < -0.39 is 0 Å². The van der Waals surface area contributed by atoms with Gasteiger partial charge in [-0.15, -0.1) is 0 Å². The number of hydrogen-bond donors (Lipinski definition) is 0. The molecule has 0 saturated heterocycles. The second kappa shape index (κ2) is 14.6. The molecule has 9 aromatic carbocycles. The molecule has 4 aliphatic carbocycles. The van der Waals surface area contributed by atoms with Crippen LogP contribution < -0.4 is 0 Å². The van der Waals surface area contributed by atoms with Crippen LogP contribution in [0.25, 0.3) is 99.5 Å². The fraction of sp³-hybridized carbons (Fsp3) is 0.143. The first kappa shape index (κ1) is 37.0. The molecule has 0 aliphatic heterocycles. The molecule has 0 amide bonds. The maximum absolute atomic E-state index is 2.59. The van der Waals surface area contributed by atoms with Gasteiger partial charge in [0.15, 0.2) is 0 Å². The zero-order valence-corrected chi connectivity index (χ0v) is 36.4. The van der Waals surface area contributed by atoms with E-state index in [9.17, 15) is 0 Å². The number of rotatable bonds is 6. The molecular formula is C63H48N2. The molecule has 2 heteroatoms. The molecule has 15 rings (SSSR count). The summed E-state index contributed by atoms with van der Waals surface area (Å²) in [6.45, 7) is 0. The molecule has 4 aliphatic rings. The SMILES string of the molecule is c1ccc(-c2cc(-c3ccccc3)cc(-c3cccc(-n4c5ccccc5c5cc(-c6ccc7c(c6)c6ccccc6n7-c6ccc7c(c6)C6CC8CC(CC7C8)C6)ccc54)c3)c2)cc1. The van der Waals surface area contributed by atoms with Crippen molar-refractivity contribution in [2.24, 2.45) is 11.8 Å². The first-order valence-corrected chi connectivity index (χ1v) is 23.7. The normalized spacial score (nSPS) is 18.8. The lowest BCUT2D eigenvalue weighted by atomic mass is 9.67. The Bertz CT molecular complexity index is 3590. The van der Waals surface area contributed by atoms with Gasteiger partial charge >= 0.3 is 0 Å². The summed E-state index contributed by atoms with van der Waals surface area (Å²) < 4.78 is 4.99. The Morgan fingerprint density at radius 3 is 1.28 bits per heavy atom. The molecule has 2 unspecified atom stereocenters. The second-order valence-corrected chi connectivity index (χ2v) is 19.4. The first-order chi connectivity index (χ1) is 32.2. The molecule has 4 bridgehead atoms. The van der Waals surface area contributed by atoms with E-state index in [0.29, 0.717) is 0 Å². The quantitative estimate of drug-likeness (QED) is 0.158. The molecule has 2 saturated carbocycles. The van der Waals surface area contributed by atoms with Gasteiger partial charge in [-0.2, -0.15) is 0 Å². The third kappa shape index (κ3) is 6.00. The summed E-state index contributed by atoms with van der Waals surface area (Å²) >= 11 is 0. The van der Waals surface area contributed by atoms with E-state index in [2.05, 4.69) is 215 Å². The fourth-order valence-corrected chi connectivity index (χ4v) is 12.9. The third-order valence-corrected chi connectivity index (χ3v) is 15.6. The van der Waals surface area contributed by atoms with Crippen molar-refractivity contribution in [3.05, 3.63) is 217 Å². The summed E-state index contributed by atoms with van der Waals surface area (Å²) in [7, 11) is 0. The predicted octanol–water partition coefficient (Wildman–Crippen LogP) is 16.9. The summed E-state index contributed by atoms with van der Waals surface area (Å²) in [5.74, 6) is 3.31. The van der Waals surface area contributed by atoms with Crippen molar-refractivity contribution >= 4 is 43.6 Å². The molecule has 2 nitrogen and oxygen atoms in total. The Hall–Kier alpha value is -7.42. The van der Waals surface area contributed by atoms with E-state index in [0.717, 1.165) is 29.4 Å². The molecule has 2 heterocycles. The van der Waals surface area contributed by atoms with Gasteiger partial charge in [0.2, 0.25) is 0 Å². The largest absolute Gasteiger partial charge is 0.309 e. The Morgan fingerprint density at radius 1 is 0.262 bits per heavy atom. The zero-order valence-electron chi connectivity index (χ0n) is 36.4. The average Bonchev–Trinajstić information content (AvgIpc) is 3.82. The maximum Gasteiger partial charge on any atom is 0.0541 e. The van der Waals surface area contributed by atoms with E-state index in [1.807, 2.05) is 0 Å². The van der Waals surface area contributed by atoms with Crippen LogP contribution in [0.15, 0.2) is 206 Å². The zero-order chi connectivity index (χ0) is 42.6. The van der Waals surface area contributed by atoms with Crippen LogP contribution in [0, 0.1) is 11.8 Å². The van der Waals surface area contributed by atoms with Crippen LogP contribution in [0.3, 0.4) is 0 Å². The highest BCUT2D eigenvalue weighted by Gasteiger charge is 2.42. The highest BCUT2D eigenvalue weighted by molar-refractivity contribution is 6.12. The van der Waals surface area contributed by atoms with Crippen molar-refractivity contribution in [1.29, 1.82) is 0 Å². The monoisotopic (exact) mass is 832 g/mol. The Labute approximate surface area is 380 Å². The Kier molecular flexibility index (Phi) is 8.29. The van der Waals surface area contributed by atoms with Gasteiger partial charge < -0.3 is 9.13 Å². The van der Waals surface area contributed by atoms with E-state index in [4.69, 9.17) is 0 Å². The van der Waals surface area contributed by atoms with Crippen molar-refractivity contribution < 1.29 is 0 Å². The number of benzene rings is 9. The lowest BCUT2D eigenvalue weighted by Crippen LogP contribution is -2.25. The van der Waals surface area contributed by atoms with Crippen LogP contribution >= 0.6 is 0 Å². The first-order valence-electron chi connectivity index (χ1n) is 23.7. The second-order valence-electron chi connectivity index (χ2n) is 19.4. The molecule has 2 fully saturated rings. The average molecular weight is 833 g/mol. The van der Waals surface area contributed by atoms with Gasteiger partial charge in [0, 0.05) is 32.9 Å². The number of para-hydroxylation sites is 2. The van der Waals surface area contributed by atoms with Crippen molar-refractivity contribution in [3.8, 4) is 55.9 Å². The van der Waals surface area contributed by atoms with Crippen LogP contribution in [0.4, 0.5) is 0 Å². The summed E-state index contributed by atoms with van der Waals surface area (Å²) in [5.41, 5.74) is 20.5. The topological polar surface area (TPSA) is 9.86 Å². The van der Waals surface area contributed by atoms with Gasteiger partial charge in [0.1, 0.15) is 0 Å². The summed E-state index contributed by atoms with van der Waals surface area (Å²) in [6.07, 6.45) is 7.04.